The number of ether oxygens (including phenoxy) is 2. The van der Waals surface area contributed by atoms with Crippen molar-refractivity contribution in [2.24, 2.45) is 0 Å². The van der Waals surface area contributed by atoms with Crippen LogP contribution in [0, 0.1) is 0 Å². The van der Waals surface area contributed by atoms with E-state index in [0.29, 0.717) is 18.7 Å². The molecule has 2 N–H and O–H groups in total. The average molecular weight is 375 g/mol. The predicted octanol–water partition coefficient (Wildman–Crippen LogP) is 1.20. The highest BCUT2D eigenvalue weighted by atomic mass is 16.5. The minimum atomic E-state index is -0.377. The molecule has 2 atom stereocenters. The normalized spacial score (nSPS) is 22.1. The number of rotatable bonds is 6. The lowest BCUT2D eigenvalue weighted by Crippen LogP contribution is -2.48. The first kappa shape index (κ1) is 19.6. The largest absolute Gasteiger partial charge is 0.484 e. The van der Waals surface area contributed by atoms with Crippen molar-refractivity contribution in [1.29, 1.82) is 0 Å². The molecule has 1 aromatic carbocycles. The summed E-state index contributed by atoms with van der Waals surface area (Å²) in [6.07, 6.45) is 4.03. The molecular formula is C20H29N3O4. The maximum absolute atomic E-state index is 11.9. The van der Waals surface area contributed by atoms with E-state index in [4.69, 9.17) is 9.47 Å². The standard InChI is InChI=1S/C20H29N3O4/c1-14-11-23(12-15(2)27-14)9-8-19(24)21-22-20(25)13-26-18-7-6-16-4-3-5-17(16)10-18/h6-7,10,14-15H,3-5,8-9,11-13H2,1-2H3,(H,21,24)(H,22,25)/t14-,15-/m1/s1. The maximum Gasteiger partial charge on any atom is 0.276 e. The third kappa shape index (κ3) is 5.94. The summed E-state index contributed by atoms with van der Waals surface area (Å²) in [5, 5.41) is 0. The molecule has 0 spiro atoms. The second-order valence-electron chi connectivity index (χ2n) is 7.44. The summed E-state index contributed by atoms with van der Waals surface area (Å²) in [5.41, 5.74) is 7.51. The number of carbonyl (C=O) groups excluding carboxylic acids is 2. The molecule has 1 aromatic rings. The molecule has 1 fully saturated rings. The number of hydrazine groups is 1. The number of aryl methyl sites for hydroxylation is 2. The van der Waals surface area contributed by atoms with Gasteiger partial charge in [-0.25, -0.2) is 0 Å². The summed E-state index contributed by atoms with van der Waals surface area (Å²) in [7, 11) is 0. The van der Waals surface area contributed by atoms with Crippen molar-refractivity contribution in [3.63, 3.8) is 0 Å². The van der Waals surface area contributed by atoms with Gasteiger partial charge in [-0.05, 0) is 56.4 Å². The van der Waals surface area contributed by atoms with Gasteiger partial charge in [-0.15, -0.1) is 0 Å². The summed E-state index contributed by atoms with van der Waals surface area (Å²) in [6, 6.07) is 5.95. The smallest absolute Gasteiger partial charge is 0.276 e. The Labute approximate surface area is 160 Å². The molecule has 0 bridgehead atoms. The summed E-state index contributed by atoms with van der Waals surface area (Å²) >= 11 is 0. The number of nitrogens with one attached hydrogen (secondary N) is 2. The third-order valence-electron chi connectivity index (χ3n) is 4.93. The van der Waals surface area contributed by atoms with Gasteiger partial charge in [-0.3, -0.25) is 25.3 Å². The van der Waals surface area contributed by atoms with E-state index in [1.807, 2.05) is 26.0 Å². The fourth-order valence-corrected chi connectivity index (χ4v) is 3.75. The number of carbonyl (C=O) groups is 2. The summed E-state index contributed by atoms with van der Waals surface area (Å²) < 4.78 is 11.2. The Balaban J connectivity index is 1.32. The van der Waals surface area contributed by atoms with Gasteiger partial charge in [0.2, 0.25) is 5.91 Å². The highest BCUT2D eigenvalue weighted by Crippen LogP contribution is 2.25. The highest BCUT2D eigenvalue weighted by molar-refractivity contribution is 5.82. The van der Waals surface area contributed by atoms with Crippen LogP contribution in [0.3, 0.4) is 0 Å². The lowest BCUT2D eigenvalue weighted by atomic mass is 10.1. The molecule has 27 heavy (non-hydrogen) atoms. The minimum absolute atomic E-state index is 0.127. The first-order chi connectivity index (χ1) is 13.0. The van der Waals surface area contributed by atoms with E-state index in [-0.39, 0.29) is 30.6 Å². The minimum Gasteiger partial charge on any atom is -0.484 e. The fraction of sp³-hybridized carbons (Fsp3) is 0.600. The molecule has 1 heterocycles. The molecular weight excluding hydrogens is 346 g/mol. The van der Waals surface area contributed by atoms with E-state index < -0.39 is 0 Å². The van der Waals surface area contributed by atoms with Crippen LogP contribution in [-0.2, 0) is 27.2 Å². The van der Waals surface area contributed by atoms with Crippen molar-refractivity contribution >= 4 is 11.8 Å². The maximum atomic E-state index is 11.9. The second kappa shape index (κ2) is 9.19. The number of morpholine rings is 1. The number of fused-ring (bicyclic) bond motifs is 1. The molecule has 0 radical (unpaired) electrons. The molecule has 0 saturated carbocycles. The number of benzene rings is 1. The summed E-state index contributed by atoms with van der Waals surface area (Å²) in [6.45, 7) is 6.22. The van der Waals surface area contributed by atoms with Crippen LogP contribution >= 0.6 is 0 Å². The van der Waals surface area contributed by atoms with Crippen molar-refractivity contribution in [1.82, 2.24) is 15.8 Å². The molecule has 2 amide bonds. The van der Waals surface area contributed by atoms with E-state index in [1.165, 1.54) is 17.5 Å². The first-order valence-electron chi connectivity index (χ1n) is 9.69. The van der Waals surface area contributed by atoms with Crippen LogP contribution in [0.15, 0.2) is 18.2 Å². The summed E-state index contributed by atoms with van der Waals surface area (Å²) in [4.78, 5) is 26.0. The Morgan fingerprint density at radius 2 is 1.81 bits per heavy atom. The molecule has 7 nitrogen and oxygen atoms in total. The van der Waals surface area contributed by atoms with Crippen LogP contribution in [0.4, 0.5) is 0 Å². The van der Waals surface area contributed by atoms with Crippen molar-refractivity contribution in [2.75, 3.05) is 26.2 Å². The van der Waals surface area contributed by atoms with E-state index in [1.54, 1.807) is 0 Å². The lowest BCUT2D eigenvalue weighted by Gasteiger charge is -2.35. The zero-order valence-corrected chi connectivity index (χ0v) is 16.1. The number of nitrogens with zero attached hydrogens (tertiary/aromatic N) is 1. The molecule has 2 aliphatic rings. The second-order valence-corrected chi connectivity index (χ2v) is 7.44. The van der Waals surface area contributed by atoms with Crippen molar-refractivity contribution in [3.8, 4) is 5.75 Å². The molecule has 3 rings (SSSR count). The Morgan fingerprint density at radius 1 is 1.11 bits per heavy atom. The van der Waals surface area contributed by atoms with E-state index >= 15 is 0 Å². The SMILES string of the molecule is C[C@@H]1CN(CCC(=O)NNC(=O)COc2ccc3c(c2)CCC3)C[C@@H](C)O1. The van der Waals surface area contributed by atoms with E-state index in [2.05, 4.69) is 21.8 Å². The number of amides is 2. The molecule has 0 unspecified atom stereocenters. The van der Waals surface area contributed by atoms with Gasteiger partial charge in [0, 0.05) is 26.1 Å². The van der Waals surface area contributed by atoms with Gasteiger partial charge >= 0.3 is 0 Å². The van der Waals surface area contributed by atoms with Crippen LogP contribution in [0.2, 0.25) is 0 Å². The zero-order valence-electron chi connectivity index (χ0n) is 16.1. The van der Waals surface area contributed by atoms with Gasteiger partial charge in [-0.1, -0.05) is 6.07 Å². The Kier molecular flexibility index (Phi) is 6.68. The van der Waals surface area contributed by atoms with Gasteiger partial charge in [0.15, 0.2) is 6.61 Å². The van der Waals surface area contributed by atoms with Crippen LogP contribution in [0.25, 0.3) is 0 Å². The van der Waals surface area contributed by atoms with Gasteiger partial charge in [0.1, 0.15) is 5.75 Å². The Morgan fingerprint density at radius 3 is 2.59 bits per heavy atom. The number of hydrogen-bond acceptors (Lipinski definition) is 5. The molecule has 7 heteroatoms. The molecule has 1 saturated heterocycles. The van der Waals surface area contributed by atoms with Crippen molar-refractivity contribution in [3.05, 3.63) is 29.3 Å². The van der Waals surface area contributed by atoms with Crippen molar-refractivity contribution in [2.45, 2.75) is 51.7 Å². The lowest BCUT2D eigenvalue weighted by molar-refractivity contribution is -0.130. The molecule has 1 aliphatic heterocycles. The first-order valence-corrected chi connectivity index (χ1v) is 9.69. The van der Waals surface area contributed by atoms with Crippen molar-refractivity contribution < 1.29 is 19.1 Å². The Hall–Kier alpha value is -2.12. The number of hydrogen-bond donors (Lipinski definition) is 2. The molecule has 1 aliphatic carbocycles. The van der Waals surface area contributed by atoms with Crippen LogP contribution in [0.5, 0.6) is 5.75 Å². The highest BCUT2D eigenvalue weighted by Gasteiger charge is 2.22. The van der Waals surface area contributed by atoms with Gasteiger partial charge < -0.3 is 9.47 Å². The summed E-state index contributed by atoms with van der Waals surface area (Å²) in [5.74, 6) is 0.0952. The van der Waals surface area contributed by atoms with Gasteiger partial charge in [0.25, 0.3) is 5.91 Å². The molecule has 0 aromatic heterocycles. The van der Waals surface area contributed by atoms with Crippen LogP contribution in [-0.4, -0.2) is 55.2 Å². The van der Waals surface area contributed by atoms with E-state index in [9.17, 15) is 9.59 Å². The fourth-order valence-electron chi connectivity index (χ4n) is 3.75. The third-order valence-corrected chi connectivity index (χ3v) is 4.93. The molecule has 148 valence electrons. The van der Waals surface area contributed by atoms with Crippen LogP contribution in [0.1, 0.15) is 37.8 Å². The van der Waals surface area contributed by atoms with Gasteiger partial charge in [-0.2, -0.15) is 0 Å². The monoisotopic (exact) mass is 375 g/mol. The average Bonchev–Trinajstić information content (AvgIpc) is 3.10. The predicted molar refractivity (Wildman–Crippen MR) is 101 cm³/mol. The topological polar surface area (TPSA) is 79.9 Å². The zero-order chi connectivity index (χ0) is 19.2. The van der Waals surface area contributed by atoms with E-state index in [0.717, 1.165) is 25.9 Å². The Bertz CT molecular complexity index is 669. The van der Waals surface area contributed by atoms with Gasteiger partial charge in [0.05, 0.1) is 12.2 Å². The van der Waals surface area contributed by atoms with Crippen LogP contribution < -0.4 is 15.6 Å². The quantitative estimate of drug-likeness (QED) is 0.731.